The Morgan fingerprint density at radius 3 is 2.32 bits per heavy atom. The van der Waals surface area contributed by atoms with Gasteiger partial charge in [0.15, 0.2) is 6.61 Å². The Morgan fingerprint density at radius 2 is 1.64 bits per heavy atom. The summed E-state index contributed by atoms with van der Waals surface area (Å²) in [6.45, 7) is 2.81. The van der Waals surface area contributed by atoms with E-state index >= 15 is 0 Å². The van der Waals surface area contributed by atoms with Crippen molar-refractivity contribution in [2.75, 3.05) is 17.2 Å². The molecule has 2 N–H and O–H groups in total. The van der Waals surface area contributed by atoms with Gasteiger partial charge in [0.25, 0.3) is 5.91 Å². The number of anilines is 2. The van der Waals surface area contributed by atoms with Crippen LogP contribution in [-0.4, -0.2) is 33.9 Å². The van der Waals surface area contributed by atoms with Crippen molar-refractivity contribution in [2.45, 2.75) is 20.4 Å². The van der Waals surface area contributed by atoms with Crippen LogP contribution in [0.1, 0.15) is 12.7 Å². The van der Waals surface area contributed by atoms with Crippen molar-refractivity contribution < 1.29 is 19.1 Å². The molecule has 8 nitrogen and oxygen atoms in total. The summed E-state index contributed by atoms with van der Waals surface area (Å²) in [4.78, 5) is 39.5. The Morgan fingerprint density at radius 1 is 1.00 bits per heavy atom. The molecule has 2 aromatic carbocycles. The molecule has 3 aromatic rings. The summed E-state index contributed by atoms with van der Waals surface area (Å²) in [6.07, 6.45) is 0. The van der Waals surface area contributed by atoms with E-state index in [-0.39, 0.29) is 12.5 Å². The highest BCUT2D eigenvalue weighted by Crippen LogP contribution is 2.16. The first-order chi connectivity index (χ1) is 13.4. The largest absolute Gasteiger partial charge is 0.454 e. The molecule has 1 aromatic heterocycles. The van der Waals surface area contributed by atoms with Crippen LogP contribution < -0.4 is 10.6 Å². The second-order valence-electron chi connectivity index (χ2n) is 6.20. The lowest BCUT2D eigenvalue weighted by Gasteiger charge is -2.09. The standard InChI is InChI=1S/C20H20N4O4/c1-13-21-17-5-3-4-6-18(17)24(13)11-20(27)28-12-19(26)23-16-9-7-15(8-10-16)22-14(2)25/h3-10H,11-12H2,1-2H3,(H,22,25)(H,23,26). The van der Waals surface area contributed by atoms with E-state index in [0.29, 0.717) is 17.2 Å². The minimum absolute atomic E-state index is 0.0228. The minimum Gasteiger partial charge on any atom is -0.454 e. The number of benzene rings is 2. The number of carbonyl (C=O) groups is 3. The molecule has 3 rings (SSSR count). The Bertz CT molecular complexity index is 1020. The summed E-state index contributed by atoms with van der Waals surface area (Å²) in [5, 5.41) is 5.26. The molecule has 0 unspecified atom stereocenters. The smallest absolute Gasteiger partial charge is 0.326 e. The Labute approximate surface area is 161 Å². The first kappa shape index (κ1) is 19.1. The van der Waals surface area contributed by atoms with Gasteiger partial charge in [-0.15, -0.1) is 0 Å². The lowest BCUT2D eigenvalue weighted by Crippen LogP contribution is -2.23. The van der Waals surface area contributed by atoms with Gasteiger partial charge in [-0.2, -0.15) is 0 Å². The summed E-state index contributed by atoms with van der Waals surface area (Å²) in [5.41, 5.74) is 2.79. The maximum atomic E-state index is 12.1. The number of hydrogen-bond acceptors (Lipinski definition) is 5. The SMILES string of the molecule is CC(=O)Nc1ccc(NC(=O)COC(=O)Cn2c(C)nc3ccccc32)cc1. The lowest BCUT2D eigenvalue weighted by molar-refractivity contribution is -0.147. The van der Waals surface area contributed by atoms with Crippen LogP contribution in [0.3, 0.4) is 0 Å². The van der Waals surface area contributed by atoms with Gasteiger partial charge in [0.2, 0.25) is 5.91 Å². The van der Waals surface area contributed by atoms with Gasteiger partial charge in [-0.3, -0.25) is 14.4 Å². The van der Waals surface area contributed by atoms with Gasteiger partial charge in [0, 0.05) is 18.3 Å². The fourth-order valence-corrected chi connectivity index (χ4v) is 2.75. The molecule has 2 amide bonds. The predicted octanol–water partition coefficient (Wildman–Crippen LogP) is 2.49. The Kier molecular flexibility index (Phi) is 5.69. The number of aryl methyl sites for hydroxylation is 1. The third kappa shape index (κ3) is 4.73. The van der Waals surface area contributed by atoms with Gasteiger partial charge < -0.3 is 19.9 Å². The summed E-state index contributed by atoms with van der Waals surface area (Å²) < 4.78 is 6.82. The fraction of sp³-hybridized carbons (Fsp3) is 0.200. The number of esters is 1. The number of imidazole rings is 1. The number of fused-ring (bicyclic) bond motifs is 1. The van der Waals surface area contributed by atoms with Crippen LogP contribution in [-0.2, 0) is 25.7 Å². The molecule has 1 heterocycles. The zero-order valence-corrected chi connectivity index (χ0v) is 15.6. The molecular weight excluding hydrogens is 360 g/mol. The number of aromatic nitrogens is 2. The van der Waals surface area contributed by atoms with Crippen molar-refractivity contribution in [1.82, 2.24) is 9.55 Å². The second kappa shape index (κ2) is 8.34. The van der Waals surface area contributed by atoms with Crippen LogP contribution in [0, 0.1) is 6.92 Å². The highest BCUT2D eigenvalue weighted by molar-refractivity contribution is 5.93. The summed E-state index contributed by atoms with van der Waals surface area (Å²) in [6, 6.07) is 14.1. The molecule has 0 aliphatic heterocycles. The number of carbonyl (C=O) groups excluding carboxylic acids is 3. The molecule has 8 heteroatoms. The van der Waals surface area contributed by atoms with Crippen LogP contribution in [0.2, 0.25) is 0 Å². The molecule has 0 saturated heterocycles. The van der Waals surface area contributed by atoms with Crippen LogP contribution in [0.4, 0.5) is 11.4 Å². The molecule has 0 aliphatic carbocycles. The number of para-hydroxylation sites is 2. The van der Waals surface area contributed by atoms with Crippen LogP contribution in [0.15, 0.2) is 48.5 Å². The van der Waals surface area contributed by atoms with E-state index < -0.39 is 18.5 Å². The van der Waals surface area contributed by atoms with E-state index in [1.54, 1.807) is 28.8 Å². The van der Waals surface area contributed by atoms with Gasteiger partial charge in [-0.05, 0) is 43.3 Å². The molecule has 0 bridgehead atoms. The monoisotopic (exact) mass is 380 g/mol. The van der Waals surface area contributed by atoms with Crippen LogP contribution >= 0.6 is 0 Å². The molecular formula is C20H20N4O4. The van der Waals surface area contributed by atoms with Crippen molar-refractivity contribution in [3.8, 4) is 0 Å². The van der Waals surface area contributed by atoms with Crippen molar-refractivity contribution in [3.63, 3.8) is 0 Å². The van der Waals surface area contributed by atoms with Crippen LogP contribution in [0.25, 0.3) is 11.0 Å². The summed E-state index contributed by atoms with van der Waals surface area (Å²) in [7, 11) is 0. The zero-order valence-electron chi connectivity index (χ0n) is 15.6. The minimum atomic E-state index is -0.526. The lowest BCUT2D eigenvalue weighted by atomic mass is 10.2. The van der Waals surface area contributed by atoms with Gasteiger partial charge in [-0.1, -0.05) is 12.1 Å². The third-order valence-electron chi connectivity index (χ3n) is 3.99. The first-order valence-electron chi connectivity index (χ1n) is 8.67. The third-order valence-corrected chi connectivity index (χ3v) is 3.99. The molecule has 28 heavy (non-hydrogen) atoms. The Hall–Kier alpha value is -3.68. The van der Waals surface area contributed by atoms with Crippen molar-refractivity contribution in [3.05, 3.63) is 54.4 Å². The van der Waals surface area contributed by atoms with E-state index in [9.17, 15) is 14.4 Å². The van der Waals surface area contributed by atoms with Crippen molar-refractivity contribution in [2.24, 2.45) is 0 Å². The number of amides is 2. The molecule has 0 aliphatic rings. The van der Waals surface area contributed by atoms with E-state index in [1.165, 1.54) is 6.92 Å². The van der Waals surface area contributed by atoms with E-state index in [0.717, 1.165) is 11.0 Å². The molecule has 144 valence electrons. The zero-order chi connectivity index (χ0) is 20.1. The van der Waals surface area contributed by atoms with Crippen LogP contribution in [0.5, 0.6) is 0 Å². The van der Waals surface area contributed by atoms with Crippen molar-refractivity contribution in [1.29, 1.82) is 0 Å². The highest BCUT2D eigenvalue weighted by atomic mass is 16.5. The fourth-order valence-electron chi connectivity index (χ4n) is 2.75. The normalized spacial score (nSPS) is 10.5. The van der Waals surface area contributed by atoms with Crippen molar-refractivity contribution >= 4 is 40.2 Å². The highest BCUT2D eigenvalue weighted by Gasteiger charge is 2.13. The average molecular weight is 380 g/mol. The Balaban J connectivity index is 1.52. The topological polar surface area (TPSA) is 102 Å². The molecule has 0 spiro atoms. The van der Waals surface area contributed by atoms with Gasteiger partial charge in [-0.25, -0.2) is 4.98 Å². The average Bonchev–Trinajstić information content (AvgIpc) is 2.97. The number of nitrogens with zero attached hydrogens (tertiary/aromatic N) is 2. The van der Waals surface area contributed by atoms with E-state index in [1.807, 2.05) is 31.2 Å². The molecule has 0 fully saturated rings. The van der Waals surface area contributed by atoms with E-state index in [2.05, 4.69) is 15.6 Å². The number of ether oxygens (including phenoxy) is 1. The predicted molar refractivity (Wildman–Crippen MR) is 105 cm³/mol. The van der Waals surface area contributed by atoms with E-state index in [4.69, 9.17) is 4.74 Å². The molecule has 0 radical (unpaired) electrons. The summed E-state index contributed by atoms with van der Waals surface area (Å²) >= 11 is 0. The number of hydrogen-bond donors (Lipinski definition) is 2. The second-order valence-corrected chi connectivity index (χ2v) is 6.20. The summed E-state index contributed by atoms with van der Waals surface area (Å²) in [5.74, 6) is -0.457. The van der Waals surface area contributed by atoms with Gasteiger partial charge in [0.05, 0.1) is 11.0 Å². The van der Waals surface area contributed by atoms with Gasteiger partial charge >= 0.3 is 5.97 Å². The molecule has 0 atom stereocenters. The molecule has 0 saturated carbocycles. The number of nitrogens with one attached hydrogen (secondary N) is 2. The maximum Gasteiger partial charge on any atom is 0.326 e. The maximum absolute atomic E-state index is 12.1. The number of rotatable bonds is 6. The van der Waals surface area contributed by atoms with Gasteiger partial charge in [0.1, 0.15) is 12.4 Å². The first-order valence-corrected chi connectivity index (χ1v) is 8.67. The quantitative estimate of drug-likeness (QED) is 0.640.